The molecule has 0 saturated heterocycles. The molecule has 1 aromatic rings. The lowest BCUT2D eigenvalue weighted by atomic mass is 10.1. The Labute approximate surface area is 90.4 Å². The van der Waals surface area contributed by atoms with E-state index >= 15 is 0 Å². The SMILES string of the molecule is C=CCN(c1ccc(C=O)o1)C(C)(C)C. The van der Waals surface area contributed by atoms with Gasteiger partial charge in [-0.1, -0.05) is 6.08 Å². The van der Waals surface area contributed by atoms with E-state index in [0.717, 1.165) is 0 Å². The highest BCUT2D eigenvalue weighted by atomic mass is 16.4. The molecule has 0 aliphatic heterocycles. The molecule has 1 aromatic heterocycles. The molecular weight excluding hydrogens is 190 g/mol. The van der Waals surface area contributed by atoms with Crippen molar-refractivity contribution in [2.24, 2.45) is 0 Å². The fourth-order valence-corrected chi connectivity index (χ4v) is 1.37. The van der Waals surface area contributed by atoms with Gasteiger partial charge in [0, 0.05) is 18.2 Å². The highest BCUT2D eigenvalue weighted by Crippen LogP contribution is 2.25. The Bertz CT molecular complexity index is 347. The Kier molecular flexibility index (Phi) is 3.35. The normalized spacial score (nSPS) is 11.1. The first-order valence-corrected chi connectivity index (χ1v) is 4.92. The van der Waals surface area contributed by atoms with Crippen LogP contribution < -0.4 is 4.90 Å². The first kappa shape index (κ1) is 11.6. The van der Waals surface area contributed by atoms with E-state index in [4.69, 9.17) is 4.42 Å². The quantitative estimate of drug-likeness (QED) is 0.562. The van der Waals surface area contributed by atoms with Crippen molar-refractivity contribution in [2.45, 2.75) is 26.3 Å². The van der Waals surface area contributed by atoms with Gasteiger partial charge in [0.1, 0.15) is 0 Å². The van der Waals surface area contributed by atoms with Crippen LogP contribution in [0.2, 0.25) is 0 Å². The Morgan fingerprint density at radius 3 is 2.53 bits per heavy atom. The molecule has 0 N–H and O–H groups in total. The summed E-state index contributed by atoms with van der Waals surface area (Å²) in [7, 11) is 0. The molecule has 0 aliphatic carbocycles. The van der Waals surface area contributed by atoms with E-state index in [9.17, 15) is 4.79 Å². The van der Waals surface area contributed by atoms with Crippen LogP contribution in [0.15, 0.2) is 29.2 Å². The Morgan fingerprint density at radius 1 is 1.47 bits per heavy atom. The van der Waals surface area contributed by atoms with Crippen LogP contribution in [0.25, 0.3) is 0 Å². The number of carbonyl (C=O) groups is 1. The molecule has 0 amide bonds. The summed E-state index contributed by atoms with van der Waals surface area (Å²) in [4.78, 5) is 12.6. The summed E-state index contributed by atoms with van der Waals surface area (Å²) in [6.45, 7) is 10.7. The Hall–Kier alpha value is -1.51. The van der Waals surface area contributed by atoms with Gasteiger partial charge in [-0.05, 0) is 26.8 Å². The molecule has 82 valence electrons. The van der Waals surface area contributed by atoms with E-state index in [0.29, 0.717) is 24.5 Å². The zero-order chi connectivity index (χ0) is 11.5. The molecular formula is C12H17NO2. The summed E-state index contributed by atoms with van der Waals surface area (Å²) < 4.78 is 5.38. The van der Waals surface area contributed by atoms with Gasteiger partial charge in [0.05, 0.1) is 0 Å². The van der Waals surface area contributed by atoms with Gasteiger partial charge >= 0.3 is 0 Å². The van der Waals surface area contributed by atoms with Crippen molar-refractivity contribution < 1.29 is 9.21 Å². The monoisotopic (exact) mass is 207 g/mol. The first-order chi connectivity index (χ1) is 6.99. The molecule has 1 heterocycles. The van der Waals surface area contributed by atoms with E-state index in [1.165, 1.54) is 0 Å². The number of hydrogen-bond donors (Lipinski definition) is 0. The third-order valence-corrected chi connectivity index (χ3v) is 2.12. The van der Waals surface area contributed by atoms with Crippen LogP contribution in [0.5, 0.6) is 0 Å². The molecule has 15 heavy (non-hydrogen) atoms. The number of anilines is 1. The molecule has 0 saturated carbocycles. The molecule has 0 bridgehead atoms. The summed E-state index contributed by atoms with van der Waals surface area (Å²) in [6.07, 6.45) is 2.52. The smallest absolute Gasteiger partial charge is 0.197 e. The van der Waals surface area contributed by atoms with Crippen LogP contribution >= 0.6 is 0 Å². The standard InChI is InChI=1S/C12H17NO2/c1-5-8-13(12(2,3)4)11-7-6-10(9-14)15-11/h5-7,9H,1,8H2,2-4H3. The lowest BCUT2D eigenvalue weighted by molar-refractivity contribution is 0.110. The highest BCUT2D eigenvalue weighted by molar-refractivity contribution is 5.71. The maximum Gasteiger partial charge on any atom is 0.197 e. The molecule has 0 spiro atoms. The predicted molar refractivity (Wildman–Crippen MR) is 61.4 cm³/mol. The third kappa shape index (κ3) is 2.72. The minimum atomic E-state index is -0.0633. The van der Waals surface area contributed by atoms with Gasteiger partial charge in [-0.15, -0.1) is 6.58 Å². The Morgan fingerprint density at radius 2 is 2.13 bits per heavy atom. The summed E-state index contributed by atoms with van der Waals surface area (Å²) in [5.74, 6) is 1.05. The number of aldehydes is 1. The highest BCUT2D eigenvalue weighted by Gasteiger charge is 2.22. The molecule has 1 rings (SSSR count). The second-order valence-corrected chi connectivity index (χ2v) is 4.36. The van der Waals surface area contributed by atoms with Gasteiger partial charge < -0.3 is 9.32 Å². The summed E-state index contributed by atoms with van der Waals surface area (Å²) in [5, 5.41) is 0. The van der Waals surface area contributed by atoms with Crippen molar-refractivity contribution in [3.63, 3.8) is 0 Å². The van der Waals surface area contributed by atoms with E-state index in [1.54, 1.807) is 12.1 Å². The predicted octanol–water partition coefficient (Wildman–Crippen LogP) is 2.88. The molecule has 0 fully saturated rings. The lowest BCUT2D eigenvalue weighted by Gasteiger charge is -2.34. The topological polar surface area (TPSA) is 33.5 Å². The third-order valence-electron chi connectivity index (χ3n) is 2.12. The Balaban J connectivity index is 2.98. The second-order valence-electron chi connectivity index (χ2n) is 4.36. The summed E-state index contributed by atoms with van der Waals surface area (Å²) in [6, 6.07) is 3.47. The van der Waals surface area contributed by atoms with Crippen LogP contribution in [0.3, 0.4) is 0 Å². The molecule has 0 unspecified atom stereocenters. The van der Waals surface area contributed by atoms with E-state index in [2.05, 4.69) is 27.4 Å². The molecule has 3 heteroatoms. The fourth-order valence-electron chi connectivity index (χ4n) is 1.37. The van der Waals surface area contributed by atoms with Crippen LogP contribution in [-0.4, -0.2) is 18.4 Å². The minimum absolute atomic E-state index is 0.0633. The fraction of sp³-hybridized carbons (Fsp3) is 0.417. The van der Waals surface area contributed by atoms with Gasteiger partial charge in [0.2, 0.25) is 0 Å². The van der Waals surface area contributed by atoms with Crippen LogP contribution in [0.4, 0.5) is 5.88 Å². The summed E-state index contributed by atoms with van der Waals surface area (Å²) >= 11 is 0. The van der Waals surface area contributed by atoms with E-state index in [1.807, 2.05) is 11.0 Å². The molecule has 0 radical (unpaired) electrons. The number of carbonyl (C=O) groups excluding carboxylic acids is 1. The van der Waals surface area contributed by atoms with Crippen molar-refractivity contribution >= 4 is 12.2 Å². The van der Waals surface area contributed by atoms with Crippen molar-refractivity contribution in [1.29, 1.82) is 0 Å². The van der Waals surface area contributed by atoms with Crippen molar-refractivity contribution in [1.82, 2.24) is 0 Å². The number of furan rings is 1. The molecule has 3 nitrogen and oxygen atoms in total. The van der Waals surface area contributed by atoms with E-state index < -0.39 is 0 Å². The number of rotatable bonds is 4. The average molecular weight is 207 g/mol. The van der Waals surface area contributed by atoms with Crippen LogP contribution in [0, 0.1) is 0 Å². The largest absolute Gasteiger partial charge is 0.438 e. The van der Waals surface area contributed by atoms with Gasteiger partial charge in [-0.2, -0.15) is 0 Å². The van der Waals surface area contributed by atoms with Crippen molar-refractivity contribution in [2.75, 3.05) is 11.4 Å². The lowest BCUT2D eigenvalue weighted by Crippen LogP contribution is -2.41. The maximum absolute atomic E-state index is 10.5. The van der Waals surface area contributed by atoms with Gasteiger partial charge in [-0.3, -0.25) is 4.79 Å². The zero-order valence-corrected chi connectivity index (χ0v) is 9.49. The van der Waals surface area contributed by atoms with E-state index in [-0.39, 0.29) is 5.54 Å². The van der Waals surface area contributed by atoms with Crippen molar-refractivity contribution in [3.05, 3.63) is 30.5 Å². The molecule has 0 aliphatic rings. The number of nitrogens with zero attached hydrogens (tertiary/aromatic N) is 1. The van der Waals surface area contributed by atoms with Gasteiger partial charge in [0.25, 0.3) is 0 Å². The molecule has 0 atom stereocenters. The van der Waals surface area contributed by atoms with Gasteiger partial charge in [-0.25, -0.2) is 0 Å². The van der Waals surface area contributed by atoms with Gasteiger partial charge in [0.15, 0.2) is 17.9 Å². The van der Waals surface area contributed by atoms with Crippen LogP contribution in [0.1, 0.15) is 31.3 Å². The first-order valence-electron chi connectivity index (χ1n) is 4.92. The summed E-state index contributed by atoms with van der Waals surface area (Å²) in [5.41, 5.74) is -0.0633. The maximum atomic E-state index is 10.5. The minimum Gasteiger partial charge on any atom is -0.438 e. The molecule has 0 aromatic carbocycles. The average Bonchev–Trinajstić information content (AvgIpc) is 2.60. The van der Waals surface area contributed by atoms with Crippen molar-refractivity contribution in [3.8, 4) is 0 Å². The van der Waals surface area contributed by atoms with Crippen LogP contribution in [-0.2, 0) is 0 Å². The second kappa shape index (κ2) is 4.34. The number of hydrogen-bond acceptors (Lipinski definition) is 3. The zero-order valence-electron chi connectivity index (χ0n) is 9.49.